The quantitative estimate of drug-likeness (QED) is 0.499. The maximum Gasteiger partial charge on any atom is 0.419 e. The number of aromatic nitrogens is 5. The SMILES string of the molecule is C[C@@H]1CC(F)(F)CN(C(=O)c2nn(C)cc2-c2ccccn2)[C@@H]1COc1ncc(C(F)(F)F)cn1. The van der Waals surface area contributed by atoms with E-state index in [0.717, 1.165) is 4.90 Å². The number of aryl methyl sites for hydroxylation is 1. The second kappa shape index (κ2) is 9.19. The van der Waals surface area contributed by atoms with E-state index in [0.29, 0.717) is 23.7 Å². The molecule has 0 bridgehead atoms. The molecule has 35 heavy (non-hydrogen) atoms. The van der Waals surface area contributed by atoms with Crippen LogP contribution < -0.4 is 4.74 Å². The van der Waals surface area contributed by atoms with Gasteiger partial charge in [-0.25, -0.2) is 18.7 Å². The van der Waals surface area contributed by atoms with Gasteiger partial charge < -0.3 is 9.64 Å². The average Bonchev–Trinajstić information content (AvgIpc) is 3.19. The molecule has 3 aromatic rings. The fourth-order valence-corrected chi connectivity index (χ4v) is 4.01. The molecule has 1 saturated heterocycles. The summed E-state index contributed by atoms with van der Waals surface area (Å²) in [5.74, 6) is -4.57. The van der Waals surface area contributed by atoms with Crippen LogP contribution in [0.4, 0.5) is 22.0 Å². The topological polar surface area (TPSA) is 86.0 Å². The first-order chi connectivity index (χ1) is 16.4. The number of nitrogens with zero attached hydrogens (tertiary/aromatic N) is 6. The van der Waals surface area contributed by atoms with Gasteiger partial charge in [0.05, 0.1) is 29.4 Å². The highest BCUT2D eigenvalue weighted by Crippen LogP contribution is 2.36. The van der Waals surface area contributed by atoms with E-state index in [4.69, 9.17) is 4.74 Å². The summed E-state index contributed by atoms with van der Waals surface area (Å²) in [6, 6.07) is 3.91. The summed E-state index contributed by atoms with van der Waals surface area (Å²) in [5, 5.41) is 4.19. The minimum absolute atomic E-state index is 0.0492. The lowest BCUT2D eigenvalue weighted by Gasteiger charge is -2.42. The summed E-state index contributed by atoms with van der Waals surface area (Å²) in [5.41, 5.74) is -0.270. The maximum atomic E-state index is 14.5. The Morgan fingerprint density at radius 1 is 1.20 bits per heavy atom. The third-order valence-corrected chi connectivity index (χ3v) is 5.65. The fraction of sp³-hybridized carbons (Fsp3) is 0.409. The molecule has 1 fully saturated rings. The molecule has 1 aliphatic rings. The van der Waals surface area contributed by atoms with Crippen LogP contribution in [-0.2, 0) is 13.2 Å². The Kier molecular flexibility index (Phi) is 6.43. The Hall–Kier alpha value is -3.64. The minimum atomic E-state index is -4.61. The number of alkyl halides is 5. The van der Waals surface area contributed by atoms with Crippen molar-refractivity contribution in [2.24, 2.45) is 13.0 Å². The number of ether oxygens (including phenoxy) is 1. The smallest absolute Gasteiger partial charge is 0.419 e. The van der Waals surface area contributed by atoms with Crippen molar-refractivity contribution < 1.29 is 31.5 Å². The van der Waals surface area contributed by atoms with Crippen LogP contribution in [0.5, 0.6) is 6.01 Å². The van der Waals surface area contributed by atoms with Crippen molar-refractivity contribution in [1.82, 2.24) is 29.6 Å². The van der Waals surface area contributed by atoms with E-state index in [-0.39, 0.29) is 18.3 Å². The predicted octanol–water partition coefficient (Wildman–Crippen LogP) is 3.86. The van der Waals surface area contributed by atoms with E-state index in [1.54, 1.807) is 38.4 Å². The summed E-state index contributed by atoms with van der Waals surface area (Å²) < 4.78 is 74.0. The molecule has 0 spiro atoms. The highest BCUT2D eigenvalue weighted by atomic mass is 19.4. The van der Waals surface area contributed by atoms with Crippen LogP contribution in [0.25, 0.3) is 11.3 Å². The summed E-state index contributed by atoms with van der Waals surface area (Å²) >= 11 is 0. The van der Waals surface area contributed by atoms with Crippen LogP contribution in [0.1, 0.15) is 29.4 Å². The molecule has 2 atom stereocenters. The van der Waals surface area contributed by atoms with Crippen molar-refractivity contribution in [3.63, 3.8) is 0 Å². The molecule has 4 heterocycles. The van der Waals surface area contributed by atoms with Crippen molar-refractivity contribution in [2.75, 3.05) is 13.2 Å². The molecule has 186 valence electrons. The van der Waals surface area contributed by atoms with Crippen LogP contribution in [0.3, 0.4) is 0 Å². The van der Waals surface area contributed by atoms with Gasteiger partial charge in [-0.05, 0) is 18.1 Å². The van der Waals surface area contributed by atoms with Gasteiger partial charge in [-0.15, -0.1) is 0 Å². The first kappa shape index (κ1) is 24.5. The number of carbonyl (C=O) groups excluding carboxylic acids is 1. The van der Waals surface area contributed by atoms with E-state index < -0.39 is 48.5 Å². The van der Waals surface area contributed by atoms with E-state index in [9.17, 15) is 26.7 Å². The van der Waals surface area contributed by atoms with Crippen molar-refractivity contribution in [1.29, 1.82) is 0 Å². The number of hydrogen-bond acceptors (Lipinski definition) is 6. The monoisotopic (exact) mass is 496 g/mol. The Labute approximate surface area is 196 Å². The van der Waals surface area contributed by atoms with Crippen LogP contribution in [0.15, 0.2) is 43.0 Å². The largest absolute Gasteiger partial charge is 0.461 e. The summed E-state index contributed by atoms with van der Waals surface area (Å²) in [4.78, 5) is 25.8. The zero-order chi connectivity index (χ0) is 25.4. The van der Waals surface area contributed by atoms with Crippen LogP contribution in [0.2, 0.25) is 0 Å². The minimum Gasteiger partial charge on any atom is -0.461 e. The molecule has 13 heteroatoms. The molecular formula is C22H21F5N6O2. The number of halogens is 5. The van der Waals surface area contributed by atoms with Gasteiger partial charge in [0.15, 0.2) is 5.69 Å². The van der Waals surface area contributed by atoms with Crippen molar-refractivity contribution in [3.8, 4) is 17.3 Å². The number of carbonyl (C=O) groups is 1. The van der Waals surface area contributed by atoms with Crippen LogP contribution >= 0.6 is 0 Å². The van der Waals surface area contributed by atoms with Crippen molar-refractivity contribution in [3.05, 3.63) is 54.2 Å². The lowest BCUT2D eigenvalue weighted by Crippen LogP contribution is -2.57. The fourth-order valence-electron chi connectivity index (χ4n) is 4.01. The number of rotatable bonds is 5. The summed E-state index contributed by atoms with van der Waals surface area (Å²) in [6.07, 6.45) is -0.863. The molecule has 0 N–H and O–H groups in total. The van der Waals surface area contributed by atoms with Crippen LogP contribution in [-0.4, -0.2) is 60.7 Å². The van der Waals surface area contributed by atoms with E-state index in [2.05, 4.69) is 20.1 Å². The Morgan fingerprint density at radius 2 is 1.91 bits per heavy atom. The third kappa shape index (κ3) is 5.38. The van der Waals surface area contributed by atoms with Crippen molar-refractivity contribution in [2.45, 2.75) is 31.5 Å². The Morgan fingerprint density at radius 3 is 2.54 bits per heavy atom. The zero-order valence-electron chi connectivity index (χ0n) is 18.7. The number of amides is 1. The van der Waals surface area contributed by atoms with Gasteiger partial charge in [0.2, 0.25) is 0 Å². The molecular weight excluding hydrogens is 475 g/mol. The molecule has 0 aliphatic carbocycles. The van der Waals surface area contributed by atoms with Crippen LogP contribution in [0, 0.1) is 5.92 Å². The molecule has 3 aromatic heterocycles. The maximum absolute atomic E-state index is 14.5. The lowest BCUT2D eigenvalue weighted by molar-refractivity contribution is -0.138. The lowest BCUT2D eigenvalue weighted by atomic mass is 9.88. The highest BCUT2D eigenvalue weighted by molar-refractivity contribution is 5.98. The molecule has 0 unspecified atom stereocenters. The average molecular weight is 496 g/mol. The van der Waals surface area contributed by atoms with Gasteiger partial charge in [0, 0.05) is 38.3 Å². The molecule has 4 rings (SSSR count). The van der Waals surface area contributed by atoms with Gasteiger partial charge in [-0.2, -0.15) is 18.3 Å². The number of piperidine rings is 1. The van der Waals surface area contributed by atoms with E-state index in [1.807, 2.05) is 0 Å². The van der Waals surface area contributed by atoms with Gasteiger partial charge >= 0.3 is 12.2 Å². The van der Waals surface area contributed by atoms with Crippen molar-refractivity contribution >= 4 is 5.91 Å². The number of pyridine rings is 1. The second-order valence-electron chi connectivity index (χ2n) is 8.38. The first-order valence-corrected chi connectivity index (χ1v) is 10.6. The zero-order valence-corrected chi connectivity index (χ0v) is 18.7. The molecule has 1 aliphatic heterocycles. The number of likely N-dealkylation sites (tertiary alicyclic amines) is 1. The highest BCUT2D eigenvalue weighted by Gasteiger charge is 2.47. The standard InChI is InChI=1S/C22H21F5N6O2/c1-13-7-21(23,24)12-33(17(13)11-35-20-29-8-14(9-30-20)22(25,26)27)19(34)18-15(10-32(2)31-18)16-5-3-4-6-28-16/h3-6,8-10,13,17H,7,11-12H2,1-2H3/t13-,17-/m1/s1. The third-order valence-electron chi connectivity index (χ3n) is 5.65. The van der Waals surface area contributed by atoms with Gasteiger partial charge in [-0.1, -0.05) is 13.0 Å². The Balaban J connectivity index is 1.60. The predicted molar refractivity (Wildman–Crippen MR) is 113 cm³/mol. The molecule has 1 amide bonds. The summed E-state index contributed by atoms with van der Waals surface area (Å²) in [7, 11) is 1.60. The molecule has 0 aromatic carbocycles. The van der Waals surface area contributed by atoms with Gasteiger partial charge in [0.1, 0.15) is 6.61 Å². The first-order valence-electron chi connectivity index (χ1n) is 10.6. The second-order valence-corrected chi connectivity index (χ2v) is 8.38. The molecule has 0 saturated carbocycles. The van der Waals surface area contributed by atoms with E-state index in [1.165, 1.54) is 10.9 Å². The van der Waals surface area contributed by atoms with Gasteiger partial charge in [0.25, 0.3) is 11.8 Å². The Bertz CT molecular complexity index is 1180. The van der Waals surface area contributed by atoms with Gasteiger partial charge in [-0.3, -0.25) is 14.5 Å². The van der Waals surface area contributed by atoms with E-state index >= 15 is 0 Å². The summed E-state index contributed by atoms with van der Waals surface area (Å²) in [6.45, 7) is 0.392. The number of hydrogen-bond donors (Lipinski definition) is 0. The molecule has 8 nitrogen and oxygen atoms in total. The normalized spacial score (nSPS) is 20.0. The molecule has 0 radical (unpaired) electrons.